The largest absolute Gasteiger partial charge is 0.465 e. The van der Waals surface area contributed by atoms with Crippen LogP contribution >= 0.6 is 0 Å². The summed E-state index contributed by atoms with van der Waals surface area (Å²) in [7, 11) is 1.33. The van der Waals surface area contributed by atoms with Gasteiger partial charge >= 0.3 is 5.97 Å². The summed E-state index contributed by atoms with van der Waals surface area (Å²) in [5, 5.41) is 3.29. The number of methoxy groups -OCH3 is 1. The molecule has 0 fully saturated rings. The van der Waals surface area contributed by atoms with Crippen molar-refractivity contribution in [1.29, 1.82) is 0 Å². The Morgan fingerprint density at radius 2 is 2.05 bits per heavy atom. The third kappa shape index (κ3) is 3.31. The lowest BCUT2D eigenvalue weighted by atomic mass is 10.0. The summed E-state index contributed by atoms with van der Waals surface area (Å²) in [6, 6.07) is 11.7. The van der Waals surface area contributed by atoms with E-state index in [0.717, 1.165) is 12.0 Å². The molecule has 1 unspecified atom stereocenters. The lowest BCUT2D eigenvalue weighted by Crippen LogP contribution is -2.14. The van der Waals surface area contributed by atoms with Gasteiger partial charge in [-0.05, 0) is 18.1 Å². The normalized spacial score (nSPS) is 11.7. The first-order valence-electron chi connectivity index (χ1n) is 6.81. The van der Waals surface area contributed by atoms with Crippen LogP contribution in [0.1, 0.15) is 35.3 Å². The molecule has 0 bridgehead atoms. The number of pyridine rings is 1. The Bertz CT molecular complexity index is 614. The molecule has 0 aliphatic rings. The zero-order valence-electron chi connectivity index (χ0n) is 12.2. The first-order valence-corrected chi connectivity index (χ1v) is 6.81. The van der Waals surface area contributed by atoms with Crippen LogP contribution in [-0.2, 0) is 4.74 Å². The molecule has 0 aliphatic carbocycles. The predicted octanol–water partition coefficient (Wildman–Crippen LogP) is 3.01. The van der Waals surface area contributed by atoms with Crippen molar-refractivity contribution in [2.24, 2.45) is 0 Å². The second kappa shape index (κ2) is 6.74. The van der Waals surface area contributed by atoms with Crippen molar-refractivity contribution >= 4 is 17.5 Å². The van der Waals surface area contributed by atoms with E-state index < -0.39 is 5.97 Å². The molecule has 5 heteroatoms. The molecule has 5 nitrogen and oxygen atoms in total. The van der Waals surface area contributed by atoms with Crippen molar-refractivity contribution in [3.05, 3.63) is 53.7 Å². The van der Waals surface area contributed by atoms with Crippen LogP contribution in [-0.4, -0.2) is 18.1 Å². The number of benzene rings is 1. The van der Waals surface area contributed by atoms with Crippen molar-refractivity contribution in [1.82, 2.24) is 4.98 Å². The molecular weight excluding hydrogens is 266 g/mol. The number of aromatic nitrogens is 1. The summed E-state index contributed by atoms with van der Waals surface area (Å²) >= 11 is 0. The zero-order valence-corrected chi connectivity index (χ0v) is 12.2. The molecule has 2 rings (SSSR count). The van der Waals surface area contributed by atoms with Crippen molar-refractivity contribution in [2.45, 2.75) is 19.4 Å². The Morgan fingerprint density at radius 3 is 2.67 bits per heavy atom. The fourth-order valence-electron chi connectivity index (χ4n) is 2.15. The summed E-state index contributed by atoms with van der Waals surface area (Å²) in [5.41, 5.74) is 7.78. The molecular formula is C16H19N3O2. The molecule has 0 saturated heterocycles. The SMILES string of the molecule is CCC(Nc1nccc(C(=O)OC)c1N)c1ccccc1. The van der Waals surface area contributed by atoms with Crippen LogP contribution in [0.2, 0.25) is 0 Å². The van der Waals surface area contributed by atoms with E-state index in [-0.39, 0.29) is 6.04 Å². The highest BCUT2D eigenvalue weighted by molar-refractivity contribution is 5.97. The van der Waals surface area contributed by atoms with Gasteiger partial charge in [-0.3, -0.25) is 0 Å². The first kappa shape index (κ1) is 14.8. The Hall–Kier alpha value is -2.56. The standard InChI is InChI=1S/C16H19N3O2/c1-3-13(11-7-5-4-6-8-11)19-15-14(17)12(9-10-18-15)16(20)21-2/h4-10,13H,3,17H2,1-2H3,(H,18,19). The van der Waals surface area contributed by atoms with Crippen molar-refractivity contribution in [3.63, 3.8) is 0 Å². The minimum atomic E-state index is -0.467. The maximum Gasteiger partial charge on any atom is 0.340 e. The van der Waals surface area contributed by atoms with Gasteiger partial charge in [-0.15, -0.1) is 0 Å². The van der Waals surface area contributed by atoms with E-state index in [0.29, 0.717) is 17.1 Å². The zero-order chi connectivity index (χ0) is 15.2. The molecule has 3 N–H and O–H groups in total. The Kier molecular flexibility index (Phi) is 4.77. The Balaban J connectivity index is 2.28. The molecule has 110 valence electrons. The summed E-state index contributed by atoms with van der Waals surface area (Å²) in [5.74, 6) is 0.0271. The summed E-state index contributed by atoms with van der Waals surface area (Å²) in [4.78, 5) is 15.9. The van der Waals surface area contributed by atoms with Crippen LogP contribution < -0.4 is 11.1 Å². The topological polar surface area (TPSA) is 77.2 Å². The van der Waals surface area contributed by atoms with Crippen molar-refractivity contribution < 1.29 is 9.53 Å². The summed E-state index contributed by atoms with van der Waals surface area (Å²) < 4.78 is 4.71. The second-order valence-corrected chi connectivity index (χ2v) is 4.63. The van der Waals surface area contributed by atoms with Crippen LogP contribution in [0, 0.1) is 0 Å². The van der Waals surface area contributed by atoms with Crippen molar-refractivity contribution in [2.75, 3.05) is 18.2 Å². The molecule has 1 aromatic heterocycles. The smallest absolute Gasteiger partial charge is 0.340 e. The number of nitrogens with two attached hydrogens (primary N) is 1. The maximum atomic E-state index is 11.7. The van der Waals surface area contributed by atoms with Gasteiger partial charge in [-0.2, -0.15) is 0 Å². The van der Waals surface area contributed by atoms with Gasteiger partial charge in [-0.25, -0.2) is 9.78 Å². The lowest BCUT2D eigenvalue weighted by Gasteiger charge is -2.19. The Morgan fingerprint density at radius 1 is 1.33 bits per heavy atom. The molecule has 1 heterocycles. The number of ether oxygens (including phenoxy) is 1. The maximum absolute atomic E-state index is 11.7. The van der Waals surface area contributed by atoms with E-state index in [1.165, 1.54) is 7.11 Å². The molecule has 0 radical (unpaired) electrons. The number of nitrogens with one attached hydrogen (secondary N) is 1. The molecule has 1 atom stereocenters. The highest BCUT2D eigenvalue weighted by Gasteiger charge is 2.16. The van der Waals surface area contributed by atoms with Gasteiger partial charge in [0.25, 0.3) is 0 Å². The van der Waals surface area contributed by atoms with Gasteiger partial charge in [0, 0.05) is 6.20 Å². The van der Waals surface area contributed by atoms with Gasteiger partial charge in [0.05, 0.1) is 24.4 Å². The molecule has 21 heavy (non-hydrogen) atoms. The molecule has 0 saturated carbocycles. The van der Waals surface area contributed by atoms with E-state index >= 15 is 0 Å². The number of hydrogen-bond acceptors (Lipinski definition) is 5. The number of carbonyl (C=O) groups is 1. The second-order valence-electron chi connectivity index (χ2n) is 4.63. The number of carbonyl (C=O) groups excluding carboxylic acids is 1. The number of nitrogen functional groups attached to an aromatic ring is 1. The third-order valence-corrected chi connectivity index (χ3v) is 3.32. The van der Waals surface area contributed by atoms with Gasteiger partial charge in [-0.1, -0.05) is 37.3 Å². The number of hydrogen-bond donors (Lipinski definition) is 2. The van der Waals surface area contributed by atoms with E-state index in [2.05, 4.69) is 17.2 Å². The summed E-state index contributed by atoms with van der Waals surface area (Å²) in [6.07, 6.45) is 2.41. The summed E-state index contributed by atoms with van der Waals surface area (Å²) in [6.45, 7) is 2.07. The van der Waals surface area contributed by atoms with Crippen LogP contribution in [0.15, 0.2) is 42.6 Å². The van der Waals surface area contributed by atoms with E-state index in [1.54, 1.807) is 12.3 Å². The van der Waals surface area contributed by atoms with Crippen LogP contribution in [0.5, 0.6) is 0 Å². The molecule has 0 amide bonds. The van der Waals surface area contributed by atoms with E-state index in [1.807, 2.05) is 30.3 Å². The van der Waals surface area contributed by atoms with Crippen molar-refractivity contribution in [3.8, 4) is 0 Å². The predicted molar refractivity (Wildman–Crippen MR) is 83.1 cm³/mol. The Labute approximate surface area is 124 Å². The lowest BCUT2D eigenvalue weighted by molar-refractivity contribution is 0.0602. The van der Waals surface area contributed by atoms with Gasteiger partial charge in [0.1, 0.15) is 0 Å². The fourth-order valence-corrected chi connectivity index (χ4v) is 2.15. The minimum absolute atomic E-state index is 0.0777. The fraction of sp³-hybridized carbons (Fsp3) is 0.250. The van der Waals surface area contributed by atoms with Crippen LogP contribution in [0.4, 0.5) is 11.5 Å². The number of esters is 1. The van der Waals surface area contributed by atoms with Gasteiger partial charge in [0.2, 0.25) is 0 Å². The average Bonchev–Trinajstić information content (AvgIpc) is 2.54. The first-order chi connectivity index (χ1) is 10.2. The molecule has 1 aromatic carbocycles. The van der Waals surface area contributed by atoms with Crippen LogP contribution in [0.3, 0.4) is 0 Å². The van der Waals surface area contributed by atoms with Crippen LogP contribution in [0.25, 0.3) is 0 Å². The minimum Gasteiger partial charge on any atom is -0.465 e. The monoisotopic (exact) mass is 285 g/mol. The quantitative estimate of drug-likeness (QED) is 0.826. The third-order valence-electron chi connectivity index (χ3n) is 3.32. The van der Waals surface area contributed by atoms with Gasteiger partial charge < -0.3 is 15.8 Å². The average molecular weight is 285 g/mol. The molecule has 0 aliphatic heterocycles. The molecule has 0 spiro atoms. The highest BCUT2D eigenvalue weighted by Crippen LogP contribution is 2.27. The highest BCUT2D eigenvalue weighted by atomic mass is 16.5. The van der Waals surface area contributed by atoms with E-state index in [9.17, 15) is 4.79 Å². The number of anilines is 2. The van der Waals surface area contributed by atoms with Gasteiger partial charge in [0.15, 0.2) is 5.82 Å². The van der Waals surface area contributed by atoms with E-state index in [4.69, 9.17) is 10.5 Å². The molecule has 2 aromatic rings. The number of rotatable bonds is 5. The number of nitrogens with zero attached hydrogens (tertiary/aromatic N) is 1.